The molecule has 120 valence electrons. The fraction of sp³-hybridized carbons (Fsp3) is 0.235. The van der Waals surface area contributed by atoms with Crippen molar-refractivity contribution in [3.05, 3.63) is 52.2 Å². The Morgan fingerprint density at radius 3 is 2.52 bits per heavy atom. The number of amides is 2. The van der Waals surface area contributed by atoms with Crippen molar-refractivity contribution in [3.8, 4) is 0 Å². The van der Waals surface area contributed by atoms with E-state index in [1.807, 2.05) is 31.4 Å². The van der Waals surface area contributed by atoms with Gasteiger partial charge in [0.15, 0.2) is 0 Å². The first kappa shape index (κ1) is 16.9. The molecule has 5 nitrogen and oxygen atoms in total. The highest BCUT2D eigenvalue weighted by molar-refractivity contribution is 7.12. The third kappa shape index (κ3) is 5.03. The van der Waals surface area contributed by atoms with Gasteiger partial charge in [-0.1, -0.05) is 13.0 Å². The number of carbonyl (C=O) groups is 2. The van der Waals surface area contributed by atoms with Crippen LogP contribution in [-0.2, 0) is 4.79 Å². The number of rotatable bonds is 6. The third-order valence-corrected chi connectivity index (χ3v) is 4.09. The van der Waals surface area contributed by atoms with Crippen LogP contribution in [0.15, 0.2) is 46.9 Å². The average Bonchev–Trinajstić information content (AvgIpc) is 3.07. The number of hydrazone groups is 1. The summed E-state index contributed by atoms with van der Waals surface area (Å²) in [5.41, 5.74) is 4.46. The predicted octanol–water partition coefficient (Wildman–Crippen LogP) is 3.64. The van der Waals surface area contributed by atoms with E-state index in [1.54, 1.807) is 35.6 Å². The molecule has 0 saturated heterocycles. The molecule has 0 bridgehead atoms. The fourth-order valence-electron chi connectivity index (χ4n) is 1.89. The molecule has 0 aliphatic heterocycles. The number of hydrogen-bond acceptors (Lipinski definition) is 4. The second-order valence-electron chi connectivity index (χ2n) is 4.99. The molecule has 0 spiro atoms. The first-order valence-electron chi connectivity index (χ1n) is 7.38. The molecule has 0 aliphatic carbocycles. The van der Waals surface area contributed by atoms with Gasteiger partial charge in [0.05, 0.1) is 5.71 Å². The lowest BCUT2D eigenvalue weighted by Crippen LogP contribution is -2.19. The molecule has 0 aliphatic rings. The van der Waals surface area contributed by atoms with Crippen LogP contribution >= 0.6 is 11.3 Å². The van der Waals surface area contributed by atoms with E-state index in [0.717, 1.165) is 17.0 Å². The van der Waals surface area contributed by atoms with Gasteiger partial charge in [0.1, 0.15) is 0 Å². The number of carbonyl (C=O) groups excluding carboxylic acids is 2. The van der Waals surface area contributed by atoms with Crippen molar-refractivity contribution in [1.82, 2.24) is 5.43 Å². The van der Waals surface area contributed by atoms with Gasteiger partial charge in [-0.25, -0.2) is 5.43 Å². The Bertz CT molecular complexity index is 691. The summed E-state index contributed by atoms with van der Waals surface area (Å²) < 4.78 is 0. The Hall–Kier alpha value is -2.47. The predicted molar refractivity (Wildman–Crippen MR) is 94.0 cm³/mol. The summed E-state index contributed by atoms with van der Waals surface area (Å²) in [4.78, 5) is 24.6. The van der Waals surface area contributed by atoms with Crippen molar-refractivity contribution < 1.29 is 9.59 Å². The van der Waals surface area contributed by atoms with Gasteiger partial charge in [0.2, 0.25) is 5.91 Å². The highest BCUT2D eigenvalue weighted by Gasteiger charge is 2.06. The van der Waals surface area contributed by atoms with Crippen LogP contribution in [0, 0.1) is 0 Å². The molecule has 2 aromatic rings. The standard InChI is InChI=1S/C17H19N3O2S/c1-3-5-16(21)18-14-9-7-13(8-10-14)17(22)20-19-12(2)15-6-4-11-23-15/h4,6-11H,3,5H2,1-2H3,(H,18,21)(H,20,22)/b19-12+. The molecular formula is C17H19N3O2S. The minimum atomic E-state index is -0.285. The van der Waals surface area contributed by atoms with Crippen molar-refractivity contribution in [2.24, 2.45) is 5.10 Å². The Morgan fingerprint density at radius 2 is 1.91 bits per heavy atom. The smallest absolute Gasteiger partial charge is 0.271 e. The van der Waals surface area contributed by atoms with E-state index in [4.69, 9.17) is 0 Å². The summed E-state index contributed by atoms with van der Waals surface area (Å²) in [5.74, 6) is -0.312. The van der Waals surface area contributed by atoms with Gasteiger partial charge in [-0.2, -0.15) is 5.10 Å². The maximum atomic E-state index is 12.1. The maximum absolute atomic E-state index is 12.1. The largest absolute Gasteiger partial charge is 0.326 e. The van der Waals surface area contributed by atoms with Crippen molar-refractivity contribution >= 4 is 34.6 Å². The summed E-state index contributed by atoms with van der Waals surface area (Å²) in [6.45, 7) is 3.80. The van der Waals surface area contributed by atoms with Gasteiger partial charge in [0, 0.05) is 22.5 Å². The Labute approximate surface area is 139 Å². The van der Waals surface area contributed by atoms with Crippen LogP contribution in [0.25, 0.3) is 0 Å². The summed E-state index contributed by atoms with van der Waals surface area (Å²) in [5, 5.41) is 8.84. The Kier molecular flexibility index (Phi) is 6.05. The fourth-order valence-corrected chi connectivity index (χ4v) is 2.57. The number of hydrogen-bond donors (Lipinski definition) is 2. The zero-order valence-corrected chi connectivity index (χ0v) is 13.9. The van der Waals surface area contributed by atoms with Gasteiger partial charge in [-0.3, -0.25) is 9.59 Å². The number of thiophene rings is 1. The molecule has 2 rings (SSSR count). The number of benzene rings is 1. The first-order chi connectivity index (χ1) is 11.1. The van der Waals surface area contributed by atoms with Crippen LogP contribution in [0.3, 0.4) is 0 Å². The molecule has 2 amide bonds. The highest BCUT2D eigenvalue weighted by atomic mass is 32.1. The number of anilines is 1. The first-order valence-corrected chi connectivity index (χ1v) is 8.26. The molecule has 1 heterocycles. The molecule has 23 heavy (non-hydrogen) atoms. The second kappa shape index (κ2) is 8.24. The van der Waals surface area contributed by atoms with Gasteiger partial charge in [-0.05, 0) is 49.1 Å². The Balaban J connectivity index is 1.95. The SMILES string of the molecule is CCCC(=O)Nc1ccc(C(=O)N/N=C(\C)c2cccs2)cc1. The molecule has 1 aromatic carbocycles. The monoisotopic (exact) mass is 329 g/mol. The van der Waals surface area contributed by atoms with Crippen molar-refractivity contribution in [3.63, 3.8) is 0 Å². The van der Waals surface area contributed by atoms with Crippen LogP contribution < -0.4 is 10.7 Å². The van der Waals surface area contributed by atoms with Crippen LogP contribution in [-0.4, -0.2) is 17.5 Å². The summed E-state index contributed by atoms with van der Waals surface area (Å²) >= 11 is 1.57. The van der Waals surface area contributed by atoms with Gasteiger partial charge in [-0.15, -0.1) is 11.3 Å². The quantitative estimate of drug-likeness (QED) is 0.627. The van der Waals surface area contributed by atoms with Crippen molar-refractivity contribution in [1.29, 1.82) is 0 Å². The molecule has 1 aromatic heterocycles. The zero-order chi connectivity index (χ0) is 16.7. The zero-order valence-electron chi connectivity index (χ0n) is 13.1. The lowest BCUT2D eigenvalue weighted by Gasteiger charge is -2.05. The van der Waals surface area contributed by atoms with Crippen LogP contribution in [0.1, 0.15) is 41.9 Å². The van der Waals surface area contributed by atoms with Crippen LogP contribution in [0.5, 0.6) is 0 Å². The van der Waals surface area contributed by atoms with Gasteiger partial charge >= 0.3 is 0 Å². The Morgan fingerprint density at radius 1 is 1.17 bits per heavy atom. The molecule has 0 saturated carbocycles. The molecule has 0 atom stereocenters. The van der Waals surface area contributed by atoms with Gasteiger partial charge in [0.25, 0.3) is 5.91 Å². The summed E-state index contributed by atoms with van der Waals surface area (Å²) in [7, 11) is 0. The molecule has 2 N–H and O–H groups in total. The molecular weight excluding hydrogens is 310 g/mol. The minimum Gasteiger partial charge on any atom is -0.326 e. The second-order valence-corrected chi connectivity index (χ2v) is 5.94. The maximum Gasteiger partial charge on any atom is 0.271 e. The van der Waals surface area contributed by atoms with Crippen LogP contribution in [0.2, 0.25) is 0 Å². The number of nitrogens with zero attached hydrogens (tertiary/aromatic N) is 1. The topological polar surface area (TPSA) is 70.6 Å². The van der Waals surface area contributed by atoms with E-state index >= 15 is 0 Å². The normalized spacial score (nSPS) is 11.1. The molecule has 0 fully saturated rings. The van der Waals surface area contributed by atoms with E-state index in [2.05, 4.69) is 15.8 Å². The molecule has 0 unspecified atom stereocenters. The van der Waals surface area contributed by atoms with E-state index in [-0.39, 0.29) is 11.8 Å². The van der Waals surface area contributed by atoms with E-state index in [9.17, 15) is 9.59 Å². The molecule has 6 heteroatoms. The third-order valence-electron chi connectivity index (χ3n) is 3.11. The minimum absolute atomic E-state index is 0.0270. The number of nitrogens with one attached hydrogen (secondary N) is 2. The van der Waals surface area contributed by atoms with E-state index in [0.29, 0.717) is 17.7 Å². The lowest BCUT2D eigenvalue weighted by molar-refractivity contribution is -0.116. The summed E-state index contributed by atoms with van der Waals surface area (Å²) in [6.07, 6.45) is 1.28. The van der Waals surface area contributed by atoms with Crippen molar-refractivity contribution in [2.75, 3.05) is 5.32 Å². The highest BCUT2D eigenvalue weighted by Crippen LogP contribution is 2.11. The lowest BCUT2D eigenvalue weighted by atomic mass is 10.2. The summed E-state index contributed by atoms with van der Waals surface area (Å²) in [6, 6.07) is 10.6. The van der Waals surface area contributed by atoms with Crippen molar-refractivity contribution in [2.45, 2.75) is 26.7 Å². The van der Waals surface area contributed by atoms with E-state index in [1.165, 1.54) is 0 Å². The van der Waals surface area contributed by atoms with Gasteiger partial charge < -0.3 is 5.32 Å². The average molecular weight is 329 g/mol. The van der Waals surface area contributed by atoms with Crippen LogP contribution in [0.4, 0.5) is 5.69 Å². The van der Waals surface area contributed by atoms with E-state index < -0.39 is 0 Å². The molecule has 0 radical (unpaired) electrons.